The number of carboxylic acids is 1. The van der Waals surface area contributed by atoms with Crippen molar-refractivity contribution in [3.05, 3.63) is 36.0 Å². The Balaban J connectivity index is 0.000000383. The van der Waals surface area contributed by atoms with Crippen molar-refractivity contribution >= 4 is 28.7 Å². The van der Waals surface area contributed by atoms with Crippen LogP contribution in [-0.4, -0.2) is 95.4 Å². The molecule has 1 spiro atoms. The van der Waals surface area contributed by atoms with Crippen molar-refractivity contribution in [2.45, 2.75) is 17.8 Å². The average Bonchev–Trinajstić information content (AvgIpc) is 3.10. The van der Waals surface area contributed by atoms with Crippen LogP contribution in [0.1, 0.15) is 10.4 Å². The number of hydrogen-bond acceptors (Lipinski definition) is 5. The maximum atomic E-state index is 12.8. The number of morpholine rings is 1. The molecule has 12 heteroatoms. The number of nitrogens with zero attached hydrogens (tertiary/aromatic N) is 3. The molecule has 2 aliphatic heterocycles. The zero-order valence-electron chi connectivity index (χ0n) is 18.3. The molecular formula is C21H25F3N4O5. The normalized spacial score (nSPS) is 20.1. The van der Waals surface area contributed by atoms with Crippen LogP contribution in [0, 0.1) is 0 Å². The summed E-state index contributed by atoms with van der Waals surface area (Å²) in [6.07, 6.45) is -3.09. The topological polar surface area (TPSA) is 104 Å². The van der Waals surface area contributed by atoms with E-state index in [2.05, 4.69) is 5.32 Å². The molecule has 4 rings (SSSR count). The van der Waals surface area contributed by atoms with Gasteiger partial charge in [-0.15, -0.1) is 0 Å². The molecule has 2 amide bonds. The third-order valence-electron chi connectivity index (χ3n) is 5.79. The van der Waals surface area contributed by atoms with Gasteiger partial charge in [0, 0.05) is 43.3 Å². The first-order valence-electron chi connectivity index (χ1n) is 10.1. The number of likely N-dealkylation sites (N-methyl/N-ethyl adjacent to an activating group) is 2. The van der Waals surface area contributed by atoms with Crippen LogP contribution in [-0.2, 0) is 21.4 Å². The molecular weight excluding hydrogens is 445 g/mol. The fourth-order valence-electron chi connectivity index (χ4n) is 4.02. The summed E-state index contributed by atoms with van der Waals surface area (Å²) in [6, 6.07) is 7.55. The number of aromatic nitrogens is 1. The molecule has 1 atom stereocenters. The van der Waals surface area contributed by atoms with Crippen LogP contribution in [0.4, 0.5) is 13.2 Å². The molecule has 1 aromatic heterocycles. The molecule has 2 aromatic rings. The molecule has 2 aliphatic rings. The van der Waals surface area contributed by atoms with Crippen molar-refractivity contribution in [2.75, 3.05) is 40.3 Å². The van der Waals surface area contributed by atoms with E-state index in [9.17, 15) is 22.8 Å². The maximum absolute atomic E-state index is 12.8. The minimum Gasteiger partial charge on any atom is -0.475 e. The van der Waals surface area contributed by atoms with E-state index in [0.717, 1.165) is 10.9 Å². The highest BCUT2D eigenvalue weighted by Gasteiger charge is 2.51. The number of carbonyl (C=O) groups excluding carboxylic acids is 2. The van der Waals surface area contributed by atoms with Gasteiger partial charge in [-0.1, -0.05) is 0 Å². The Labute approximate surface area is 187 Å². The van der Waals surface area contributed by atoms with Crippen LogP contribution < -0.4 is 5.32 Å². The number of fused-ring (bicyclic) bond motifs is 1. The van der Waals surface area contributed by atoms with Gasteiger partial charge in [-0.05, 0) is 31.3 Å². The van der Waals surface area contributed by atoms with Gasteiger partial charge >= 0.3 is 12.1 Å². The lowest BCUT2D eigenvalue weighted by Gasteiger charge is -2.54. The second-order valence-corrected chi connectivity index (χ2v) is 8.20. The monoisotopic (exact) mass is 470 g/mol. The second-order valence-electron chi connectivity index (χ2n) is 8.20. The van der Waals surface area contributed by atoms with Crippen LogP contribution >= 0.6 is 0 Å². The van der Waals surface area contributed by atoms with Gasteiger partial charge < -0.3 is 24.6 Å². The lowest BCUT2D eigenvalue weighted by Crippen LogP contribution is -2.73. The number of ether oxygens (including phenoxy) is 1. The summed E-state index contributed by atoms with van der Waals surface area (Å²) in [5.74, 6) is -2.76. The van der Waals surface area contributed by atoms with Gasteiger partial charge in [-0.25, -0.2) is 4.79 Å². The molecule has 1 aromatic carbocycles. The number of rotatable bonds is 2. The summed E-state index contributed by atoms with van der Waals surface area (Å²) >= 11 is 0. The minimum absolute atomic E-state index is 0.0288. The second kappa shape index (κ2) is 9.02. The quantitative estimate of drug-likeness (QED) is 0.681. The Morgan fingerprint density at radius 2 is 1.79 bits per heavy atom. The van der Waals surface area contributed by atoms with Crippen molar-refractivity contribution in [1.29, 1.82) is 0 Å². The van der Waals surface area contributed by atoms with Crippen LogP contribution in [0.25, 0.3) is 10.9 Å². The standard InChI is InChI=1S/C19H24N4O3.C2HF3O2/c1-20-17(24)16-9-26-19(10-22(16)3)11-23(12-19)18(25)14-4-5-15-13(8-14)6-7-21(15)2;3-2(4,5)1(6)7/h4-8,16H,9-12H2,1-3H3,(H,20,24);(H,6,7). The highest BCUT2D eigenvalue weighted by molar-refractivity contribution is 5.98. The Morgan fingerprint density at radius 1 is 1.15 bits per heavy atom. The largest absolute Gasteiger partial charge is 0.490 e. The van der Waals surface area contributed by atoms with Crippen molar-refractivity contribution in [1.82, 2.24) is 19.7 Å². The highest BCUT2D eigenvalue weighted by atomic mass is 19.4. The molecule has 0 aliphatic carbocycles. The molecule has 2 fully saturated rings. The van der Waals surface area contributed by atoms with E-state index < -0.39 is 12.1 Å². The van der Waals surface area contributed by atoms with Crippen LogP contribution in [0.3, 0.4) is 0 Å². The van der Waals surface area contributed by atoms with Gasteiger partial charge in [-0.3, -0.25) is 14.5 Å². The molecule has 1 unspecified atom stereocenters. The lowest BCUT2D eigenvalue weighted by molar-refractivity contribution is -0.192. The zero-order chi connectivity index (χ0) is 24.6. The first-order chi connectivity index (χ1) is 15.4. The number of hydrogen-bond donors (Lipinski definition) is 2. The average molecular weight is 470 g/mol. The minimum atomic E-state index is -5.08. The molecule has 180 valence electrons. The third kappa shape index (κ3) is 5.11. The zero-order valence-corrected chi connectivity index (χ0v) is 18.3. The SMILES string of the molecule is CNC(=O)C1COC2(CN(C(=O)c3ccc4c(ccn4C)c3)C2)CN1C.O=C(O)C(F)(F)F. The molecule has 9 nitrogen and oxygen atoms in total. The molecule has 2 saturated heterocycles. The summed E-state index contributed by atoms with van der Waals surface area (Å²) in [5, 5.41) is 10.9. The van der Waals surface area contributed by atoms with E-state index in [4.69, 9.17) is 14.6 Å². The first kappa shape index (κ1) is 24.5. The van der Waals surface area contributed by atoms with Gasteiger partial charge in [0.15, 0.2) is 0 Å². The number of halogens is 3. The number of carbonyl (C=O) groups is 3. The van der Waals surface area contributed by atoms with E-state index in [0.29, 0.717) is 31.8 Å². The van der Waals surface area contributed by atoms with Crippen molar-refractivity contribution in [3.63, 3.8) is 0 Å². The number of amides is 2. The van der Waals surface area contributed by atoms with Gasteiger partial charge in [0.1, 0.15) is 11.6 Å². The number of benzene rings is 1. The number of nitrogens with one attached hydrogen (secondary N) is 1. The fraction of sp³-hybridized carbons (Fsp3) is 0.476. The van der Waals surface area contributed by atoms with Crippen LogP contribution in [0.2, 0.25) is 0 Å². The van der Waals surface area contributed by atoms with Gasteiger partial charge in [0.25, 0.3) is 5.91 Å². The van der Waals surface area contributed by atoms with E-state index in [-0.39, 0.29) is 23.5 Å². The third-order valence-corrected chi connectivity index (χ3v) is 5.79. The predicted octanol–water partition coefficient (Wildman–Crippen LogP) is 1.08. The molecule has 3 heterocycles. The smallest absolute Gasteiger partial charge is 0.475 e. The van der Waals surface area contributed by atoms with Gasteiger partial charge in [0.05, 0.1) is 19.7 Å². The number of alkyl halides is 3. The van der Waals surface area contributed by atoms with Crippen LogP contribution in [0.5, 0.6) is 0 Å². The highest BCUT2D eigenvalue weighted by Crippen LogP contribution is 2.32. The number of carboxylic acid groups (broad SMARTS) is 1. The Hall–Kier alpha value is -3.12. The van der Waals surface area contributed by atoms with E-state index in [1.165, 1.54) is 0 Å². The van der Waals surface area contributed by atoms with E-state index >= 15 is 0 Å². The van der Waals surface area contributed by atoms with Crippen LogP contribution in [0.15, 0.2) is 30.5 Å². The predicted molar refractivity (Wildman–Crippen MR) is 112 cm³/mol. The Morgan fingerprint density at radius 3 is 2.33 bits per heavy atom. The van der Waals surface area contributed by atoms with Crippen molar-refractivity contribution in [3.8, 4) is 0 Å². The molecule has 0 saturated carbocycles. The summed E-state index contributed by atoms with van der Waals surface area (Å²) in [4.78, 5) is 37.4. The molecule has 0 radical (unpaired) electrons. The molecule has 0 bridgehead atoms. The Bertz CT molecular complexity index is 1060. The van der Waals surface area contributed by atoms with Crippen molar-refractivity contribution in [2.24, 2.45) is 7.05 Å². The van der Waals surface area contributed by atoms with E-state index in [1.54, 1.807) is 7.05 Å². The fourth-order valence-corrected chi connectivity index (χ4v) is 4.02. The van der Waals surface area contributed by atoms with Gasteiger partial charge in [0.2, 0.25) is 5.91 Å². The maximum Gasteiger partial charge on any atom is 0.490 e. The summed E-state index contributed by atoms with van der Waals surface area (Å²) in [6.45, 7) is 2.12. The van der Waals surface area contributed by atoms with E-state index in [1.807, 2.05) is 58.9 Å². The summed E-state index contributed by atoms with van der Waals surface area (Å²) < 4.78 is 39.8. The summed E-state index contributed by atoms with van der Waals surface area (Å²) in [5.41, 5.74) is 1.45. The molecule has 2 N–H and O–H groups in total. The summed E-state index contributed by atoms with van der Waals surface area (Å²) in [7, 11) is 5.55. The number of aryl methyl sites for hydroxylation is 1. The van der Waals surface area contributed by atoms with Gasteiger partial charge in [-0.2, -0.15) is 13.2 Å². The number of aliphatic carboxylic acids is 1. The Kier molecular flexibility index (Phi) is 6.70. The lowest BCUT2D eigenvalue weighted by atomic mass is 9.90. The number of likely N-dealkylation sites (tertiary alicyclic amines) is 1. The first-order valence-corrected chi connectivity index (χ1v) is 10.1. The molecule has 33 heavy (non-hydrogen) atoms. The van der Waals surface area contributed by atoms with Crippen molar-refractivity contribution < 1.29 is 37.4 Å².